The summed E-state index contributed by atoms with van der Waals surface area (Å²) in [5, 5.41) is 16.6. The Morgan fingerprint density at radius 2 is 2.00 bits per heavy atom. The molecule has 0 aliphatic carbocycles. The van der Waals surface area contributed by atoms with Crippen LogP contribution in [0.3, 0.4) is 0 Å². The van der Waals surface area contributed by atoms with Crippen LogP contribution in [0.4, 0.5) is 5.69 Å². The van der Waals surface area contributed by atoms with Crippen molar-refractivity contribution in [3.8, 4) is 0 Å². The van der Waals surface area contributed by atoms with Gasteiger partial charge in [0.2, 0.25) is 0 Å². The molecule has 4 N–H and O–H groups in total. The third kappa shape index (κ3) is 6.32. The number of likely N-dealkylation sites (tertiary alicyclic amines) is 1. The molecule has 0 amide bonds. The van der Waals surface area contributed by atoms with Crippen LogP contribution in [0.1, 0.15) is 35.9 Å². The van der Waals surface area contributed by atoms with Crippen molar-refractivity contribution in [3.05, 3.63) is 77.6 Å². The molecular weight excluding hydrogens is 394 g/mol. The van der Waals surface area contributed by atoms with Crippen LogP contribution in [0, 0.1) is 5.53 Å². The molecule has 0 aromatic heterocycles. The van der Waals surface area contributed by atoms with Gasteiger partial charge in [0.15, 0.2) is 0 Å². The zero-order chi connectivity index (χ0) is 21.2. The van der Waals surface area contributed by atoms with Gasteiger partial charge < -0.3 is 15.1 Å². The standard InChI is InChI=1S/C23H31N5OS/c1-30-27-21-9-5-8-20(14-21)18-10-12-28(13-11-18)16-22(26-24)15-25-23(17-29)19-6-3-2-4-7-19/h2-9,14-15,18,23-25,27,29H,10-13,16-17H2,1H3/b22-15-,26-24?. The van der Waals surface area contributed by atoms with Gasteiger partial charge in [0.25, 0.3) is 0 Å². The first kappa shape index (κ1) is 22.3. The van der Waals surface area contributed by atoms with Gasteiger partial charge in [0.05, 0.1) is 18.3 Å². The molecule has 160 valence electrons. The predicted molar refractivity (Wildman–Crippen MR) is 125 cm³/mol. The Morgan fingerprint density at radius 1 is 1.23 bits per heavy atom. The van der Waals surface area contributed by atoms with E-state index >= 15 is 0 Å². The van der Waals surface area contributed by atoms with Gasteiger partial charge in [-0.05, 0) is 55.1 Å². The van der Waals surface area contributed by atoms with Gasteiger partial charge >= 0.3 is 0 Å². The molecule has 2 aromatic carbocycles. The second-order valence-corrected chi connectivity index (χ2v) is 8.15. The minimum absolute atomic E-state index is 0.0123. The first-order valence-corrected chi connectivity index (χ1v) is 11.6. The van der Waals surface area contributed by atoms with Crippen LogP contribution in [0.5, 0.6) is 0 Å². The first-order chi connectivity index (χ1) is 14.7. The monoisotopic (exact) mass is 425 g/mol. The average molecular weight is 426 g/mol. The van der Waals surface area contributed by atoms with E-state index in [2.05, 4.69) is 44.3 Å². The molecule has 1 atom stereocenters. The molecule has 0 radical (unpaired) electrons. The number of piperidine rings is 1. The second-order valence-electron chi connectivity index (χ2n) is 7.54. The van der Waals surface area contributed by atoms with E-state index in [1.807, 2.05) is 36.6 Å². The molecule has 7 heteroatoms. The third-order valence-electron chi connectivity index (χ3n) is 5.53. The molecule has 1 aliphatic rings. The normalized spacial score (nSPS) is 16.8. The van der Waals surface area contributed by atoms with Crippen molar-refractivity contribution in [1.29, 1.82) is 5.53 Å². The Morgan fingerprint density at radius 3 is 2.67 bits per heavy atom. The van der Waals surface area contributed by atoms with Crippen LogP contribution in [0.25, 0.3) is 0 Å². The third-order valence-corrected chi connectivity index (χ3v) is 5.97. The minimum atomic E-state index is -0.198. The van der Waals surface area contributed by atoms with E-state index in [1.165, 1.54) is 5.56 Å². The fourth-order valence-corrected chi connectivity index (χ4v) is 4.24. The van der Waals surface area contributed by atoms with Gasteiger partial charge in [-0.1, -0.05) is 54.4 Å². The molecule has 0 saturated carbocycles. The van der Waals surface area contributed by atoms with E-state index in [4.69, 9.17) is 5.53 Å². The molecule has 1 saturated heterocycles. The summed E-state index contributed by atoms with van der Waals surface area (Å²) in [6.45, 7) is 2.60. The zero-order valence-electron chi connectivity index (χ0n) is 17.4. The summed E-state index contributed by atoms with van der Waals surface area (Å²) in [6.07, 6.45) is 6.01. The molecule has 1 aliphatic heterocycles. The van der Waals surface area contributed by atoms with Gasteiger partial charge in [0, 0.05) is 24.7 Å². The van der Waals surface area contributed by atoms with E-state index in [1.54, 1.807) is 18.1 Å². The van der Waals surface area contributed by atoms with Crippen molar-refractivity contribution in [3.63, 3.8) is 0 Å². The van der Waals surface area contributed by atoms with Gasteiger partial charge in [-0.2, -0.15) is 5.11 Å². The number of hydrogen-bond donors (Lipinski definition) is 4. The summed E-state index contributed by atoms with van der Waals surface area (Å²) in [7, 11) is 0. The van der Waals surface area contributed by atoms with Gasteiger partial charge in [-0.3, -0.25) is 4.90 Å². The number of nitrogens with zero attached hydrogens (tertiary/aromatic N) is 2. The smallest absolute Gasteiger partial charge is 0.0919 e. The van der Waals surface area contributed by atoms with Crippen molar-refractivity contribution >= 4 is 17.6 Å². The van der Waals surface area contributed by atoms with E-state index in [0.717, 1.165) is 37.2 Å². The van der Waals surface area contributed by atoms with Crippen molar-refractivity contribution in [2.75, 3.05) is 37.2 Å². The number of aliphatic hydroxyl groups is 1. The Kier molecular flexibility index (Phi) is 8.74. The molecule has 0 spiro atoms. The van der Waals surface area contributed by atoms with Crippen LogP contribution in [-0.4, -0.2) is 42.5 Å². The molecule has 1 unspecified atom stereocenters. The van der Waals surface area contributed by atoms with E-state index in [9.17, 15) is 5.11 Å². The highest BCUT2D eigenvalue weighted by Gasteiger charge is 2.21. The Balaban J connectivity index is 1.53. The van der Waals surface area contributed by atoms with E-state index in [-0.39, 0.29) is 12.6 Å². The fourth-order valence-electron chi connectivity index (χ4n) is 3.88. The van der Waals surface area contributed by atoms with Gasteiger partial charge in [0.1, 0.15) is 0 Å². The summed E-state index contributed by atoms with van der Waals surface area (Å²) >= 11 is 1.61. The van der Waals surface area contributed by atoms with Crippen LogP contribution in [0.15, 0.2) is 71.6 Å². The molecule has 6 nitrogen and oxygen atoms in total. The highest BCUT2D eigenvalue weighted by Crippen LogP contribution is 2.30. The molecule has 1 heterocycles. The maximum absolute atomic E-state index is 9.69. The molecule has 30 heavy (non-hydrogen) atoms. The minimum Gasteiger partial charge on any atom is -0.394 e. The molecule has 1 fully saturated rings. The maximum Gasteiger partial charge on any atom is 0.0919 e. The molecule has 2 aromatic rings. The summed E-state index contributed by atoms with van der Waals surface area (Å²) in [6, 6.07) is 18.3. The Labute approximate surface area is 183 Å². The van der Waals surface area contributed by atoms with E-state index < -0.39 is 0 Å². The molecular formula is C23H31N5OS. The number of anilines is 1. The predicted octanol–water partition coefficient (Wildman–Crippen LogP) is 4.75. The largest absolute Gasteiger partial charge is 0.394 e. The van der Waals surface area contributed by atoms with Crippen LogP contribution >= 0.6 is 11.9 Å². The van der Waals surface area contributed by atoms with Crippen LogP contribution < -0.4 is 10.0 Å². The lowest BCUT2D eigenvalue weighted by atomic mass is 9.89. The quantitative estimate of drug-likeness (QED) is 0.326. The lowest BCUT2D eigenvalue weighted by molar-refractivity contribution is 0.226. The lowest BCUT2D eigenvalue weighted by Crippen LogP contribution is -2.34. The van der Waals surface area contributed by atoms with E-state index in [0.29, 0.717) is 18.2 Å². The number of nitrogens with one attached hydrogen (secondary N) is 3. The molecule has 0 bridgehead atoms. The Hall–Kier alpha value is -2.35. The van der Waals surface area contributed by atoms with Crippen LogP contribution in [-0.2, 0) is 0 Å². The number of benzene rings is 2. The van der Waals surface area contributed by atoms with Crippen molar-refractivity contribution < 1.29 is 5.11 Å². The fraction of sp³-hybridized carbons (Fsp3) is 0.391. The highest BCUT2D eigenvalue weighted by atomic mass is 32.2. The topological polar surface area (TPSA) is 83.7 Å². The summed E-state index contributed by atoms with van der Waals surface area (Å²) in [5.74, 6) is 0.570. The van der Waals surface area contributed by atoms with Crippen molar-refractivity contribution in [2.45, 2.75) is 24.8 Å². The molecule has 3 rings (SSSR count). The SMILES string of the molecule is CSNc1cccc(C2CCN(C/C(=C/NC(CO)c3ccccc3)N=N)CC2)c1. The van der Waals surface area contributed by atoms with Gasteiger partial charge in [-0.25, -0.2) is 5.53 Å². The summed E-state index contributed by atoms with van der Waals surface area (Å²) in [5.41, 5.74) is 11.8. The lowest BCUT2D eigenvalue weighted by Gasteiger charge is -2.32. The summed E-state index contributed by atoms with van der Waals surface area (Å²) in [4.78, 5) is 2.35. The highest BCUT2D eigenvalue weighted by molar-refractivity contribution is 7.99. The maximum atomic E-state index is 9.69. The zero-order valence-corrected chi connectivity index (χ0v) is 18.2. The van der Waals surface area contributed by atoms with Crippen molar-refractivity contribution in [2.24, 2.45) is 5.11 Å². The number of rotatable bonds is 10. The summed E-state index contributed by atoms with van der Waals surface area (Å²) < 4.78 is 3.31. The van der Waals surface area contributed by atoms with Gasteiger partial charge in [-0.15, -0.1) is 0 Å². The number of aliphatic hydroxyl groups excluding tert-OH is 1. The second kappa shape index (κ2) is 11.7. The average Bonchev–Trinajstić information content (AvgIpc) is 2.80. The van der Waals surface area contributed by atoms with Crippen LogP contribution in [0.2, 0.25) is 0 Å². The number of hydrogen-bond acceptors (Lipinski definition) is 7. The first-order valence-electron chi connectivity index (χ1n) is 10.3. The van der Waals surface area contributed by atoms with Crippen molar-refractivity contribution in [1.82, 2.24) is 10.2 Å². The Bertz CT molecular complexity index is 821.